The van der Waals surface area contributed by atoms with E-state index in [2.05, 4.69) is 5.32 Å². The summed E-state index contributed by atoms with van der Waals surface area (Å²) >= 11 is 0. The van der Waals surface area contributed by atoms with Crippen molar-refractivity contribution >= 4 is 11.6 Å². The molecule has 0 fully saturated rings. The van der Waals surface area contributed by atoms with Crippen molar-refractivity contribution in [2.24, 2.45) is 5.73 Å². The van der Waals surface area contributed by atoms with E-state index >= 15 is 0 Å². The molecule has 1 amide bonds. The molecule has 1 atom stereocenters. The van der Waals surface area contributed by atoms with Crippen molar-refractivity contribution in [1.29, 1.82) is 0 Å². The zero-order valence-corrected chi connectivity index (χ0v) is 9.92. The van der Waals surface area contributed by atoms with Gasteiger partial charge in [0.05, 0.1) is 0 Å². The Morgan fingerprint density at radius 3 is 2.94 bits per heavy atom. The van der Waals surface area contributed by atoms with Crippen molar-refractivity contribution in [3.8, 4) is 0 Å². The summed E-state index contributed by atoms with van der Waals surface area (Å²) in [5.41, 5.74) is 8.32. The van der Waals surface area contributed by atoms with Gasteiger partial charge in [0.2, 0.25) is 5.91 Å². The highest BCUT2D eigenvalue weighted by Crippen LogP contribution is 2.32. The Kier molecular flexibility index (Phi) is 3.43. The molecule has 4 heteroatoms. The largest absolute Gasteiger partial charge is 0.326 e. The fraction of sp³-hybridized carbons (Fsp3) is 0.462. The average Bonchev–Trinajstić information content (AvgIpc) is 2.29. The van der Waals surface area contributed by atoms with Crippen LogP contribution in [0.5, 0.6) is 0 Å². The van der Waals surface area contributed by atoms with Gasteiger partial charge in [0.1, 0.15) is 5.82 Å². The van der Waals surface area contributed by atoms with Gasteiger partial charge in [-0.25, -0.2) is 4.39 Å². The number of fused-ring (bicyclic) bond motifs is 1. The Bertz CT molecular complexity index is 445. The van der Waals surface area contributed by atoms with Crippen molar-refractivity contribution in [2.45, 2.75) is 38.6 Å². The summed E-state index contributed by atoms with van der Waals surface area (Å²) in [6.45, 7) is 2.03. The topological polar surface area (TPSA) is 55.1 Å². The van der Waals surface area contributed by atoms with Crippen LogP contribution in [-0.4, -0.2) is 5.91 Å². The molecule has 1 aromatic carbocycles. The molecule has 2 rings (SSSR count). The zero-order valence-electron chi connectivity index (χ0n) is 9.92. The molecule has 0 bridgehead atoms. The van der Waals surface area contributed by atoms with Gasteiger partial charge in [-0.3, -0.25) is 4.79 Å². The quantitative estimate of drug-likeness (QED) is 0.847. The predicted molar refractivity (Wildman–Crippen MR) is 65.2 cm³/mol. The molecule has 3 nitrogen and oxygen atoms in total. The third-order valence-corrected chi connectivity index (χ3v) is 3.10. The maximum atomic E-state index is 13.5. The number of nitrogens with two attached hydrogens (primary N) is 1. The molecule has 3 N–H and O–H groups in total. The Labute approximate surface area is 100 Å². The first kappa shape index (κ1) is 12.0. The van der Waals surface area contributed by atoms with E-state index < -0.39 is 0 Å². The number of amides is 1. The summed E-state index contributed by atoms with van der Waals surface area (Å²) in [4.78, 5) is 11.4. The minimum Gasteiger partial charge on any atom is -0.326 e. The lowest BCUT2D eigenvalue weighted by molar-refractivity contribution is -0.116. The van der Waals surface area contributed by atoms with E-state index in [0.717, 1.165) is 29.7 Å². The summed E-state index contributed by atoms with van der Waals surface area (Å²) in [5.74, 6) is -0.296. The van der Waals surface area contributed by atoms with E-state index in [-0.39, 0.29) is 17.8 Å². The van der Waals surface area contributed by atoms with Crippen LogP contribution in [0.25, 0.3) is 0 Å². The zero-order chi connectivity index (χ0) is 12.4. The highest BCUT2D eigenvalue weighted by Gasteiger charge is 2.21. The van der Waals surface area contributed by atoms with Gasteiger partial charge < -0.3 is 11.1 Å². The summed E-state index contributed by atoms with van der Waals surface area (Å²) in [6, 6.07) is 2.70. The average molecular weight is 236 g/mol. The lowest BCUT2D eigenvalue weighted by atomic mass is 9.93. The molecule has 1 unspecified atom stereocenters. The summed E-state index contributed by atoms with van der Waals surface area (Å²) in [6.07, 6.45) is 2.72. The Balaban J connectivity index is 2.43. The van der Waals surface area contributed by atoms with Crippen LogP contribution in [0.4, 0.5) is 10.1 Å². The Morgan fingerprint density at radius 2 is 2.24 bits per heavy atom. The van der Waals surface area contributed by atoms with Crippen LogP contribution in [0.15, 0.2) is 12.1 Å². The number of anilines is 1. The first-order valence-electron chi connectivity index (χ1n) is 5.99. The monoisotopic (exact) mass is 236 g/mol. The molecule has 1 aliphatic rings. The van der Waals surface area contributed by atoms with Gasteiger partial charge >= 0.3 is 0 Å². The minimum atomic E-state index is -0.276. The van der Waals surface area contributed by atoms with Crippen molar-refractivity contribution in [3.05, 3.63) is 29.1 Å². The van der Waals surface area contributed by atoms with E-state index in [4.69, 9.17) is 5.73 Å². The third kappa shape index (κ3) is 2.47. The Morgan fingerprint density at radius 1 is 1.47 bits per heavy atom. The molecule has 92 valence electrons. The molecule has 0 aromatic heterocycles. The maximum Gasteiger partial charge on any atom is 0.224 e. The number of carbonyl (C=O) groups excluding carboxylic acids is 1. The van der Waals surface area contributed by atoms with Gasteiger partial charge in [0, 0.05) is 18.2 Å². The van der Waals surface area contributed by atoms with Gasteiger partial charge in [-0.05, 0) is 36.1 Å². The third-order valence-electron chi connectivity index (χ3n) is 3.10. The lowest BCUT2D eigenvalue weighted by Crippen LogP contribution is -2.23. The SMILES string of the molecule is CCCC(N)c1cc(F)cc2c1NC(=O)CC2. The number of aryl methyl sites for hydroxylation is 1. The number of halogens is 1. The molecule has 1 aliphatic heterocycles. The smallest absolute Gasteiger partial charge is 0.224 e. The van der Waals surface area contributed by atoms with Gasteiger partial charge in [0.15, 0.2) is 0 Å². The van der Waals surface area contributed by atoms with E-state index in [1.54, 1.807) is 0 Å². The minimum absolute atomic E-state index is 0.0194. The van der Waals surface area contributed by atoms with Crippen molar-refractivity contribution < 1.29 is 9.18 Å². The van der Waals surface area contributed by atoms with E-state index in [1.807, 2.05) is 6.92 Å². The van der Waals surface area contributed by atoms with E-state index in [9.17, 15) is 9.18 Å². The second kappa shape index (κ2) is 4.84. The van der Waals surface area contributed by atoms with Crippen LogP contribution in [0.3, 0.4) is 0 Å². The number of hydrogen-bond donors (Lipinski definition) is 2. The standard InChI is InChI=1S/C13H17FN2O/c1-2-3-11(15)10-7-9(14)6-8-4-5-12(17)16-13(8)10/h6-7,11H,2-5,15H2,1H3,(H,16,17). The molecule has 0 saturated heterocycles. The molecule has 0 aliphatic carbocycles. The number of rotatable bonds is 3. The first-order chi connectivity index (χ1) is 8.11. The number of benzene rings is 1. The van der Waals surface area contributed by atoms with Gasteiger partial charge in [-0.2, -0.15) is 0 Å². The molecule has 1 heterocycles. The van der Waals surface area contributed by atoms with E-state index in [0.29, 0.717) is 12.8 Å². The lowest BCUT2D eigenvalue weighted by Gasteiger charge is -2.23. The highest BCUT2D eigenvalue weighted by atomic mass is 19.1. The van der Waals surface area contributed by atoms with Crippen LogP contribution in [0.1, 0.15) is 43.4 Å². The van der Waals surface area contributed by atoms with Gasteiger partial charge in [-0.1, -0.05) is 13.3 Å². The fourth-order valence-corrected chi connectivity index (χ4v) is 2.25. The van der Waals surface area contributed by atoms with Crippen molar-refractivity contribution in [2.75, 3.05) is 5.32 Å². The first-order valence-corrected chi connectivity index (χ1v) is 5.99. The number of nitrogens with one attached hydrogen (secondary N) is 1. The molecule has 0 spiro atoms. The van der Waals surface area contributed by atoms with Gasteiger partial charge in [0.25, 0.3) is 0 Å². The van der Waals surface area contributed by atoms with Gasteiger partial charge in [-0.15, -0.1) is 0 Å². The highest BCUT2D eigenvalue weighted by molar-refractivity contribution is 5.94. The van der Waals surface area contributed by atoms with Crippen LogP contribution in [0, 0.1) is 5.82 Å². The van der Waals surface area contributed by atoms with Crippen molar-refractivity contribution in [3.63, 3.8) is 0 Å². The summed E-state index contributed by atoms with van der Waals surface area (Å²) in [5, 5.41) is 2.81. The van der Waals surface area contributed by atoms with E-state index in [1.165, 1.54) is 12.1 Å². The molecule has 17 heavy (non-hydrogen) atoms. The second-order valence-electron chi connectivity index (χ2n) is 4.47. The second-order valence-corrected chi connectivity index (χ2v) is 4.47. The molecule has 0 saturated carbocycles. The van der Waals surface area contributed by atoms with Crippen LogP contribution < -0.4 is 11.1 Å². The fourth-order valence-electron chi connectivity index (χ4n) is 2.25. The van der Waals surface area contributed by atoms with Crippen LogP contribution in [-0.2, 0) is 11.2 Å². The van der Waals surface area contributed by atoms with Crippen molar-refractivity contribution in [1.82, 2.24) is 0 Å². The summed E-state index contributed by atoms with van der Waals surface area (Å²) < 4.78 is 13.5. The summed E-state index contributed by atoms with van der Waals surface area (Å²) in [7, 11) is 0. The number of carbonyl (C=O) groups is 1. The maximum absolute atomic E-state index is 13.5. The normalized spacial score (nSPS) is 16.3. The molecule has 0 radical (unpaired) electrons. The Hall–Kier alpha value is -1.42. The van der Waals surface area contributed by atoms with Crippen LogP contribution in [0.2, 0.25) is 0 Å². The number of hydrogen-bond acceptors (Lipinski definition) is 2. The molecule has 1 aromatic rings. The predicted octanol–water partition coefficient (Wildman–Crippen LogP) is 2.51. The van der Waals surface area contributed by atoms with Crippen LogP contribution >= 0.6 is 0 Å². The molecular formula is C13H17FN2O. The molecular weight excluding hydrogens is 219 g/mol.